The van der Waals surface area contributed by atoms with Gasteiger partial charge in [0.2, 0.25) is 0 Å². The Labute approximate surface area is 273 Å². The van der Waals surface area contributed by atoms with Crippen molar-refractivity contribution >= 4 is 45.4 Å². The smallest absolute Gasteiger partial charge is 0.395 e. The number of halogens is 1. The van der Waals surface area contributed by atoms with E-state index in [-0.39, 0.29) is 17.8 Å². The van der Waals surface area contributed by atoms with E-state index in [1.165, 1.54) is 55.9 Å². The highest BCUT2D eigenvalue weighted by Gasteiger charge is 2.42. The molecular weight excluding hydrogens is 599 g/mol. The molecule has 0 aliphatic carbocycles. The Kier molecular flexibility index (Phi) is 8.01. The lowest BCUT2D eigenvalue weighted by atomic mass is 9.56. The van der Waals surface area contributed by atoms with Gasteiger partial charge in [-0.1, -0.05) is 130 Å². The topological polar surface area (TPSA) is 6.48 Å². The molecule has 44 heavy (non-hydrogen) atoms. The predicted molar refractivity (Wildman–Crippen MR) is 196 cm³/mol. The van der Waals surface area contributed by atoms with Crippen molar-refractivity contribution in [1.29, 1.82) is 0 Å². The van der Waals surface area contributed by atoms with Crippen LogP contribution in [0.25, 0.3) is 22.3 Å². The Bertz CT molecular complexity index is 1770. The van der Waals surface area contributed by atoms with Gasteiger partial charge in [-0.25, -0.2) is 0 Å². The van der Waals surface area contributed by atoms with E-state index in [0.29, 0.717) is 0 Å². The third-order valence-electron chi connectivity index (χ3n) is 9.52. The highest BCUT2D eigenvalue weighted by atomic mass is 79.9. The highest BCUT2D eigenvalue weighted by molar-refractivity contribution is 9.10. The molecule has 5 aromatic carbocycles. The van der Waals surface area contributed by atoms with E-state index in [2.05, 4.69) is 189 Å². The van der Waals surface area contributed by atoms with Crippen LogP contribution in [0.5, 0.6) is 0 Å². The van der Waals surface area contributed by atoms with Gasteiger partial charge in [-0.2, -0.15) is 0 Å². The van der Waals surface area contributed by atoms with Gasteiger partial charge in [0.15, 0.2) is 0 Å². The van der Waals surface area contributed by atoms with Gasteiger partial charge in [0.25, 0.3) is 0 Å². The molecule has 0 saturated heterocycles. The largest absolute Gasteiger partial charge is 0.417 e. The molecule has 1 aliphatic heterocycles. The maximum Gasteiger partial charge on any atom is 0.417 e. The van der Waals surface area contributed by atoms with E-state index in [1.807, 2.05) is 0 Å². The summed E-state index contributed by atoms with van der Waals surface area (Å²) >= 11 is 3.79. The van der Waals surface area contributed by atoms with Crippen LogP contribution >= 0.6 is 15.9 Å². The Hall–Kier alpha value is -3.76. The highest BCUT2D eigenvalue weighted by Crippen LogP contribution is 2.44. The molecule has 6 rings (SSSR count). The summed E-state index contributed by atoms with van der Waals surface area (Å²) in [6.45, 7) is 13.7. The minimum atomic E-state index is -0.0828. The molecule has 0 bridgehead atoms. The fourth-order valence-electron chi connectivity index (χ4n) is 6.40. The average Bonchev–Trinajstić information content (AvgIpc) is 3.03. The van der Waals surface area contributed by atoms with E-state index in [0.717, 1.165) is 10.9 Å². The lowest BCUT2D eigenvalue weighted by Crippen LogP contribution is -2.60. The first kappa shape index (κ1) is 30.3. The first-order chi connectivity index (χ1) is 21.0. The van der Waals surface area contributed by atoms with Crippen molar-refractivity contribution < 1.29 is 0 Å². The van der Waals surface area contributed by atoms with Crippen molar-refractivity contribution in [3.63, 3.8) is 0 Å². The maximum atomic E-state index is 3.79. The lowest BCUT2D eigenvalue weighted by Gasteiger charge is -2.43. The maximum absolute atomic E-state index is 3.79. The molecule has 0 unspecified atom stereocenters. The standard InChI is InChI=1S/C40H42BBrN2/c1-8-40(5,6)30-19-22-32(23-20-30)43(7)41-38-34(28-13-10-9-11-14-28)15-12-16-35(38)36-27-31(42)21-26-37(36)44(41)33-24-17-29(18-25-33)39(2,3)4/h9-27H,8H2,1-7H3. The molecule has 0 amide bonds. The second kappa shape index (κ2) is 11.6. The normalized spacial score (nSPS) is 13.0. The van der Waals surface area contributed by atoms with Crippen LogP contribution in [-0.4, -0.2) is 14.0 Å². The van der Waals surface area contributed by atoms with Gasteiger partial charge in [-0.3, -0.25) is 0 Å². The monoisotopic (exact) mass is 640 g/mol. The number of benzene rings is 5. The number of hydrogen-bond acceptors (Lipinski definition) is 2. The van der Waals surface area contributed by atoms with Gasteiger partial charge < -0.3 is 9.62 Å². The molecule has 1 aliphatic rings. The number of fused-ring (bicyclic) bond motifs is 3. The van der Waals surface area contributed by atoms with Crippen LogP contribution in [0.4, 0.5) is 17.1 Å². The predicted octanol–water partition coefficient (Wildman–Crippen LogP) is 10.8. The average molecular weight is 642 g/mol. The van der Waals surface area contributed by atoms with Crippen molar-refractivity contribution in [2.75, 3.05) is 16.7 Å². The molecule has 4 heteroatoms. The van der Waals surface area contributed by atoms with Gasteiger partial charge in [-0.15, -0.1) is 0 Å². The Morgan fingerprint density at radius 3 is 1.95 bits per heavy atom. The molecule has 0 saturated carbocycles. The van der Waals surface area contributed by atoms with E-state index in [9.17, 15) is 0 Å². The third-order valence-corrected chi connectivity index (χ3v) is 10.0. The van der Waals surface area contributed by atoms with Crippen LogP contribution < -0.4 is 15.1 Å². The summed E-state index contributed by atoms with van der Waals surface area (Å²) in [5.41, 5.74) is 12.8. The van der Waals surface area contributed by atoms with E-state index in [4.69, 9.17) is 0 Å². The van der Waals surface area contributed by atoms with Crippen molar-refractivity contribution in [2.45, 2.75) is 58.8 Å². The van der Waals surface area contributed by atoms with Crippen LogP contribution in [0.3, 0.4) is 0 Å². The Morgan fingerprint density at radius 1 is 0.682 bits per heavy atom. The van der Waals surface area contributed by atoms with Gasteiger partial charge in [0.05, 0.1) is 0 Å². The summed E-state index contributed by atoms with van der Waals surface area (Å²) in [7, 11) is 2.25. The zero-order valence-electron chi connectivity index (χ0n) is 27.0. The molecule has 222 valence electrons. The summed E-state index contributed by atoms with van der Waals surface area (Å²) in [5.74, 6) is 0. The molecule has 0 fully saturated rings. The second-order valence-electron chi connectivity index (χ2n) is 13.7. The Morgan fingerprint density at radius 2 is 1.32 bits per heavy atom. The lowest BCUT2D eigenvalue weighted by molar-refractivity contribution is 0.506. The SMILES string of the molecule is CCC(C)(C)c1ccc(N(C)B2c3c(-c4ccccc4)cccc3-c3cc(Br)ccc3N2c2ccc(C(C)(C)C)cc2)cc1. The minimum Gasteiger partial charge on any atom is -0.395 e. The van der Waals surface area contributed by atoms with Gasteiger partial charge in [0.1, 0.15) is 0 Å². The molecule has 0 spiro atoms. The molecule has 0 radical (unpaired) electrons. The first-order valence-corrected chi connectivity index (χ1v) is 16.5. The second-order valence-corrected chi connectivity index (χ2v) is 14.6. The van der Waals surface area contributed by atoms with Gasteiger partial charge in [-0.05, 0) is 100 Å². The van der Waals surface area contributed by atoms with Crippen LogP contribution in [0.2, 0.25) is 0 Å². The van der Waals surface area contributed by atoms with Crippen LogP contribution in [0, 0.1) is 0 Å². The quantitative estimate of drug-likeness (QED) is 0.170. The van der Waals surface area contributed by atoms with E-state index in [1.54, 1.807) is 0 Å². The fraction of sp³-hybridized carbons (Fsp3) is 0.250. The number of anilines is 3. The minimum absolute atomic E-state index is 0.0828. The molecule has 5 aromatic rings. The van der Waals surface area contributed by atoms with Crippen molar-refractivity contribution in [1.82, 2.24) is 0 Å². The van der Waals surface area contributed by atoms with Crippen LogP contribution in [-0.2, 0) is 10.8 Å². The number of nitrogens with zero attached hydrogens (tertiary/aromatic N) is 2. The summed E-state index contributed by atoms with van der Waals surface area (Å²) < 4.78 is 1.08. The van der Waals surface area contributed by atoms with Gasteiger partial charge >= 0.3 is 6.98 Å². The molecular formula is C40H42BBrN2. The molecule has 1 heterocycles. The van der Waals surface area contributed by atoms with Crippen molar-refractivity contribution in [3.05, 3.63) is 131 Å². The number of rotatable bonds is 6. The summed E-state index contributed by atoms with van der Waals surface area (Å²) in [5, 5.41) is 0. The molecule has 0 N–H and O–H groups in total. The third kappa shape index (κ3) is 5.50. The summed E-state index contributed by atoms with van der Waals surface area (Å²) in [6, 6.07) is 42.7. The zero-order chi connectivity index (χ0) is 31.2. The van der Waals surface area contributed by atoms with E-state index >= 15 is 0 Å². The molecule has 2 nitrogen and oxygen atoms in total. The van der Waals surface area contributed by atoms with Crippen molar-refractivity contribution in [2.24, 2.45) is 0 Å². The van der Waals surface area contributed by atoms with E-state index < -0.39 is 0 Å². The molecule has 0 aromatic heterocycles. The van der Waals surface area contributed by atoms with Gasteiger partial charge in [0, 0.05) is 27.1 Å². The van der Waals surface area contributed by atoms with Crippen molar-refractivity contribution in [3.8, 4) is 22.3 Å². The summed E-state index contributed by atoms with van der Waals surface area (Å²) in [4.78, 5) is 4.99. The number of hydrogen-bond donors (Lipinski definition) is 0. The van der Waals surface area contributed by atoms with Crippen LogP contribution in [0.1, 0.15) is 59.1 Å². The summed E-state index contributed by atoms with van der Waals surface area (Å²) in [6.07, 6.45) is 1.10. The Balaban J connectivity index is 1.61. The first-order valence-electron chi connectivity index (χ1n) is 15.7. The van der Waals surface area contributed by atoms with Crippen LogP contribution in [0.15, 0.2) is 120 Å². The zero-order valence-corrected chi connectivity index (χ0v) is 28.6. The molecule has 0 atom stereocenters. The fourth-order valence-corrected chi connectivity index (χ4v) is 6.77.